The van der Waals surface area contributed by atoms with Crippen molar-refractivity contribution in [1.82, 2.24) is 9.78 Å². The molecule has 0 N–H and O–H groups in total. The summed E-state index contributed by atoms with van der Waals surface area (Å²) in [6, 6.07) is 1.84. The normalized spacial score (nSPS) is 10.5. The Hall–Kier alpha value is -1.32. The molecule has 0 saturated carbocycles. The van der Waals surface area contributed by atoms with E-state index in [1.54, 1.807) is 23.9 Å². The quantitative estimate of drug-likeness (QED) is 0.667. The molecular formula is C9H14N2O2. The maximum Gasteiger partial charge on any atom is 0.356 e. The fourth-order valence-electron chi connectivity index (χ4n) is 1.09. The Morgan fingerprint density at radius 3 is 2.92 bits per heavy atom. The van der Waals surface area contributed by atoms with Gasteiger partial charge in [0.15, 0.2) is 0 Å². The van der Waals surface area contributed by atoms with Gasteiger partial charge in [-0.3, -0.25) is 4.68 Å². The molecule has 1 rings (SSSR count). The van der Waals surface area contributed by atoms with Crippen molar-refractivity contribution in [3.05, 3.63) is 18.0 Å². The Bertz CT molecular complexity index is 292. The molecule has 0 aromatic carbocycles. The Kier molecular flexibility index (Phi) is 3.06. The molecule has 0 unspecified atom stereocenters. The van der Waals surface area contributed by atoms with E-state index in [4.69, 9.17) is 4.74 Å². The highest BCUT2D eigenvalue weighted by molar-refractivity contribution is 5.87. The van der Waals surface area contributed by atoms with Crippen molar-refractivity contribution in [3.8, 4) is 0 Å². The molecule has 0 fully saturated rings. The number of ether oxygens (including phenoxy) is 1. The summed E-state index contributed by atoms with van der Waals surface area (Å²) in [5.74, 6) is -0.311. The van der Waals surface area contributed by atoms with Crippen molar-refractivity contribution < 1.29 is 9.53 Å². The fraction of sp³-hybridized carbons (Fsp3) is 0.556. The van der Waals surface area contributed by atoms with E-state index >= 15 is 0 Å². The topological polar surface area (TPSA) is 44.1 Å². The first-order valence-electron chi connectivity index (χ1n) is 4.37. The van der Waals surface area contributed by atoms with Gasteiger partial charge in [0.1, 0.15) is 5.69 Å². The zero-order valence-corrected chi connectivity index (χ0v) is 8.15. The number of nitrogens with zero attached hydrogens (tertiary/aromatic N) is 2. The smallest absolute Gasteiger partial charge is 0.356 e. The minimum Gasteiger partial charge on any atom is -0.461 e. The molecule has 1 heterocycles. The van der Waals surface area contributed by atoms with Crippen LogP contribution in [0.3, 0.4) is 0 Å². The molecular weight excluding hydrogens is 168 g/mol. The van der Waals surface area contributed by atoms with Gasteiger partial charge in [0.05, 0.1) is 6.61 Å². The van der Waals surface area contributed by atoms with Gasteiger partial charge in [0.2, 0.25) is 0 Å². The molecule has 1 aromatic heterocycles. The molecule has 0 atom stereocenters. The van der Waals surface area contributed by atoms with Gasteiger partial charge in [-0.15, -0.1) is 0 Å². The van der Waals surface area contributed by atoms with Gasteiger partial charge in [-0.2, -0.15) is 5.10 Å². The SMILES string of the molecule is CCOC(=O)c1ccnn1C(C)C. The molecule has 0 saturated heterocycles. The molecule has 0 radical (unpaired) electrons. The molecule has 0 amide bonds. The van der Waals surface area contributed by atoms with Gasteiger partial charge in [-0.1, -0.05) is 0 Å². The van der Waals surface area contributed by atoms with Gasteiger partial charge in [0.25, 0.3) is 0 Å². The Labute approximate surface area is 77.5 Å². The van der Waals surface area contributed by atoms with Crippen LogP contribution in [-0.4, -0.2) is 22.4 Å². The number of carbonyl (C=O) groups excluding carboxylic acids is 1. The van der Waals surface area contributed by atoms with Crippen LogP contribution < -0.4 is 0 Å². The first-order chi connectivity index (χ1) is 6.16. The minimum absolute atomic E-state index is 0.175. The van der Waals surface area contributed by atoms with Crippen molar-refractivity contribution in [3.63, 3.8) is 0 Å². The highest BCUT2D eigenvalue weighted by Gasteiger charge is 2.14. The molecule has 4 nitrogen and oxygen atoms in total. The van der Waals surface area contributed by atoms with Crippen LogP contribution in [0, 0.1) is 0 Å². The molecule has 1 aromatic rings. The summed E-state index contributed by atoms with van der Waals surface area (Å²) in [4.78, 5) is 11.3. The average molecular weight is 182 g/mol. The summed E-state index contributed by atoms with van der Waals surface area (Å²) in [6.45, 7) is 6.11. The zero-order chi connectivity index (χ0) is 9.84. The molecule has 0 aliphatic rings. The van der Waals surface area contributed by atoms with Crippen LogP contribution in [0.1, 0.15) is 37.3 Å². The lowest BCUT2D eigenvalue weighted by Gasteiger charge is -2.09. The second-order valence-electron chi connectivity index (χ2n) is 2.98. The van der Waals surface area contributed by atoms with E-state index < -0.39 is 0 Å². The largest absolute Gasteiger partial charge is 0.461 e. The van der Waals surface area contributed by atoms with E-state index in [-0.39, 0.29) is 12.0 Å². The van der Waals surface area contributed by atoms with Crippen molar-refractivity contribution in [1.29, 1.82) is 0 Å². The minimum atomic E-state index is -0.311. The van der Waals surface area contributed by atoms with Crippen LogP contribution in [0.25, 0.3) is 0 Å². The van der Waals surface area contributed by atoms with E-state index in [1.807, 2.05) is 13.8 Å². The molecule has 72 valence electrons. The monoisotopic (exact) mass is 182 g/mol. The van der Waals surface area contributed by atoms with Crippen molar-refractivity contribution in [2.24, 2.45) is 0 Å². The third-order valence-corrected chi connectivity index (χ3v) is 1.64. The molecule has 0 spiro atoms. The number of hydrogen-bond donors (Lipinski definition) is 0. The lowest BCUT2D eigenvalue weighted by Crippen LogP contribution is -2.14. The summed E-state index contributed by atoms with van der Waals surface area (Å²) in [7, 11) is 0. The maximum atomic E-state index is 11.3. The molecule has 4 heteroatoms. The summed E-state index contributed by atoms with van der Waals surface area (Å²) in [5, 5.41) is 4.03. The van der Waals surface area contributed by atoms with Gasteiger partial charge < -0.3 is 4.74 Å². The Morgan fingerprint density at radius 1 is 1.69 bits per heavy atom. The summed E-state index contributed by atoms with van der Waals surface area (Å²) >= 11 is 0. The lowest BCUT2D eigenvalue weighted by atomic mass is 10.3. The second-order valence-corrected chi connectivity index (χ2v) is 2.98. The average Bonchev–Trinajstić information content (AvgIpc) is 2.52. The Morgan fingerprint density at radius 2 is 2.38 bits per heavy atom. The van der Waals surface area contributed by atoms with E-state index in [0.717, 1.165) is 0 Å². The van der Waals surface area contributed by atoms with Crippen molar-refractivity contribution in [2.75, 3.05) is 6.61 Å². The van der Waals surface area contributed by atoms with Crippen molar-refractivity contribution >= 4 is 5.97 Å². The van der Waals surface area contributed by atoms with Crippen LogP contribution >= 0.6 is 0 Å². The third-order valence-electron chi connectivity index (χ3n) is 1.64. The van der Waals surface area contributed by atoms with Crippen LogP contribution in [-0.2, 0) is 4.74 Å². The Balaban J connectivity index is 2.87. The highest BCUT2D eigenvalue weighted by Crippen LogP contribution is 2.08. The standard InChI is InChI=1S/C9H14N2O2/c1-4-13-9(12)8-5-6-10-11(8)7(2)3/h5-7H,4H2,1-3H3. The molecule has 13 heavy (non-hydrogen) atoms. The zero-order valence-electron chi connectivity index (χ0n) is 8.15. The van der Waals surface area contributed by atoms with E-state index in [1.165, 1.54) is 0 Å². The number of rotatable bonds is 3. The maximum absolute atomic E-state index is 11.3. The van der Waals surface area contributed by atoms with Crippen LogP contribution in [0.5, 0.6) is 0 Å². The first-order valence-corrected chi connectivity index (χ1v) is 4.37. The molecule has 0 aliphatic carbocycles. The summed E-state index contributed by atoms with van der Waals surface area (Å²) in [5.41, 5.74) is 0.511. The second kappa shape index (κ2) is 4.07. The summed E-state index contributed by atoms with van der Waals surface area (Å²) in [6.07, 6.45) is 1.60. The van der Waals surface area contributed by atoms with E-state index in [0.29, 0.717) is 12.3 Å². The fourth-order valence-corrected chi connectivity index (χ4v) is 1.09. The predicted molar refractivity (Wildman–Crippen MR) is 48.6 cm³/mol. The molecule has 0 bridgehead atoms. The van der Waals surface area contributed by atoms with Crippen molar-refractivity contribution in [2.45, 2.75) is 26.8 Å². The third kappa shape index (κ3) is 2.08. The molecule has 0 aliphatic heterocycles. The predicted octanol–water partition coefficient (Wildman–Crippen LogP) is 1.64. The highest BCUT2D eigenvalue weighted by atomic mass is 16.5. The van der Waals surface area contributed by atoms with Crippen LogP contribution in [0.4, 0.5) is 0 Å². The van der Waals surface area contributed by atoms with Crippen LogP contribution in [0.15, 0.2) is 12.3 Å². The number of carbonyl (C=O) groups is 1. The first kappa shape index (κ1) is 9.77. The van der Waals surface area contributed by atoms with E-state index in [9.17, 15) is 4.79 Å². The van der Waals surface area contributed by atoms with Gasteiger partial charge >= 0.3 is 5.97 Å². The number of hydrogen-bond acceptors (Lipinski definition) is 3. The number of aromatic nitrogens is 2. The number of esters is 1. The van der Waals surface area contributed by atoms with Gasteiger partial charge in [0, 0.05) is 12.2 Å². The lowest BCUT2D eigenvalue weighted by molar-refractivity contribution is 0.0510. The van der Waals surface area contributed by atoms with Gasteiger partial charge in [-0.05, 0) is 26.8 Å². The van der Waals surface area contributed by atoms with E-state index in [2.05, 4.69) is 5.10 Å². The van der Waals surface area contributed by atoms with Crippen LogP contribution in [0.2, 0.25) is 0 Å². The summed E-state index contributed by atoms with van der Waals surface area (Å²) < 4.78 is 6.53. The van der Waals surface area contributed by atoms with Gasteiger partial charge in [-0.25, -0.2) is 4.79 Å².